The molecule has 0 fully saturated rings. The zero-order valence-corrected chi connectivity index (χ0v) is 45.0. The van der Waals surface area contributed by atoms with Crippen LogP contribution in [0.4, 0.5) is 94.1 Å². The minimum atomic E-state index is -0.465. The summed E-state index contributed by atoms with van der Waals surface area (Å²) in [6.07, 6.45) is 0. The Hall–Kier alpha value is -10.0. The Morgan fingerprint density at radius 2 is 0.683 bits per heavy atom. The molecule has 0 atom stereocenters. The van der Waals surface area contributed by atoms with E-state index >= 15 is 8.78 Å². The van der Waals surface area contributed by atoms with Gasteiger partial charge in [-0.3, -0.25) is 0 Å². The SMILES string of the molecule is Fc1ccccc1N1c2cc(N(c3ccccc3)c3ccccc3)cc3c2B(c2ccccc2N3c2ccccc2)c2cc3c(c(F)c21)Sc1cc(N(c2ccccc2)c2ccccc2)cc2c1B3c1ccccc1N2c1ccccc1. The number of hydrogen-bond donors (Lipinski definition) is 0. The Morgan fingerprint density at radius 3 is 1.16 bits per heavy atom. The van der Waals surface area contributed by atoms with Crippen LogP contribution < -0.4 is 57.3 Å². The van der Waals surface area contributed by atoms with Gasteiger partial charge in [0.15, 0.2) is 5.82 Å². The molecule has 10 heteroatoms. The van der Waals surface area contributed by atoms with Crippen molar-refractivity contribution < 1.29 is 8.78 Å². The summed E-state index contributed by atoms with van der Waals surface area (Å²) in [5.74, 6) is -0.855. The fraction of sp³-hybridized carbons (Fsp3) is 0. The maximum absolute atomic E-state index is 19.9. The maximum atomic E-state index is 19.9. The lowest BCUT2D eigenvalue weighted by Gasteiger charge is -2.46. The van der Waals surface area contributed by atoms with Crippen molar-refractivity contribution in [1.82, 2.24) is 0 Å². The van der Waals surface area contributed by atoms with Gasteiger partial charge in [0.25, 0.3) is 6.71 Å². The molecule has 0 bridgehead atoms. The van der Waals surface area contributed by atoms with Gasteiger partial charge < -0.3 is 24.5 Å². The predicted molar refractivity (Wildman–Crippen MR) is 340 cm³/mol. The predicted octanol–water partition coefficient (Wildman–Crippen LogP) is 15.8. The van der Waals surface area contributed by atoms with Crippen LogP contribution in [0.15, 0.2) is 295 Å². The number of rotatable bonds is 9. The van der Waals surface area contributed by atoms with Crippen molar-refractivity contribution in [3.63, 3.8) is 0 Å². The first-order chi connectivity index (χ1) is 40.6. The van der Waals surface area contributed by atoms with E-state index in [1.54, 1.807) is 12.1 Å². The van der Waals surface area contributed by atoms with Gasteiger partial charge in [-0.05, 0) is 149 Å². The summed E-state index contributed by atoms with van der Waals surface area (Å²) in [7, 11) is 0. The third-order valence-corrected chi connectivity index (χ3v) is 17.7. The Balaban J connectivity index is 1.00. The Kier molecular flexibility index (Phi) is 11.3. The van der Waals surface area contributed by atoms with E-state index in [9.17, 15) is 0 Å². The molecule has 0 aliphatic carbocycles. The highest BCUT2D eigenvalue weighted by Crippen LogP contribution is 2.52. The molecule has 82 heavy (non-hydrogen) atoms. The molecule has 0 amide bonds. The molecule has 5 nitrogen and oxygen atoms in total. The van der Waals surface area contributed by atoms with Crippen LogP contribution in [-0.2, 0) is 0 Å². The fourth-order valence-electron chi connectivity index (χ4n) is 13.2. The number of hydrogen-bond acceptors (Lipinski definition) is 6. The van der Waals surface area contributed by atoms with Crippen LogP contribution in [0.3, 0.4) is 0 Å². The third-order valence-electron chi connectivity index (χ3n) is 16.5. The Labute approximate surface area is 480 Å². The van der Waals surface area contributed by atoms with Crippen molar-refractivity contribution in [2.45, 2.75) is 9.79 Å². The van der Waals surface area contributed by atoms with Gasteiger partial charge in [-0.15, -0.1) is 0 Å². The van der Waals surface area contributed by atoms with E-state index in [1.807, 2.05) is 65.6 Å². The number of halogens is 2. The molecule has 4 heterocycles. The summed E-state index contributed by atoms with van der Waals surface area (Å²) >= 11 is 1.47. The first-order valence-electron chi connectivity index (χ1n) is 27.7. The summed E-state index contributed by atoms with van der Waals surface area (Å²) in [6.45, 7) is -0.837. The van der Waals surface area contributed by atoms with Gasteiger partial charge in [0.1, 0.15) is 5.82 Å². The van der Waals surface area contributed by atoms with Crippen LogP contribution in [0.1, 0.15) is 0 Å². The highest BCUT2D eigenvalue weighted by atomic mass is 32.2. The molecule has 0 N–H and O–H groups in total. The molecule has 4 aliphatic rings. The second-order valence-corrected chi connectivity index (χ2v) is 22.1. The van der Waals surface area contributed by atoms with Crippen LogP contribution in [0, 0.1) is 11.6 Å². The van der Waals surface area contributed by atoms with E-state index in [4.69, 9.17) is 0 Å². The highest BCUT2D eigenvalue weighted by molar-refractivity contribution is 8.00. The molecule has 386 valence electrons. The van der Waals surface area contributed by atoms with Crippen LogP contribution in [0.2, 0.25) is 0 Å². The first-order valence-corrected chi connectivity index (χ1v) is 28.5. The molecule has 0 saturated carbocycles. The molecule has 16 rings (SSSR count). The van der Waals surface area contributed by atoms with E-state index in [-0.39, 0.29) is 12.4 Å². The Bertz CT molecular complexity index is 4370. The molecule has 0 radical (unpaired) electrons. The van der Waals surface area contributed by atoms with Crippen molar-refractivity contribution in [2.24, 2.45) is 0 Å². The minimum Gasteiger partial charge on any atom is -0.311 e. The van der Waals surface area contributed by atoms with Crippen molar-refractivity contribution >= 4 is 143 Å². The van der Waals surface area contributed by atoms with Crippen LogP contribution in [-0.4, -0.2) is 13.4 Å². The van der Waals surface area contributed by atoms with Crippen molar-refractivity contribution in [3.05, 3.63) is 297 Å². The molecule has 0 aromatic heterocycles. The number of anilines is 15. The molecule has 4 aliphatic heterocycles. The lowest BCUT2D eigenvalue weighted by atomic mass is 9.31. The standard InChI is InChI=1S/C72H47B2F2N5S/c75-60-39-21-24-42-63(60)81-65-44-54(77(48-25-7-1-8-26-48)49-27-9-2-10-28-49)43-64-68(65)73(56-37-19-22-40-61(56)79(64)52-33-15-5-16-34-52)58-47-59-72(70(76)71(58)81)82-67-46-55(78(50-29-11-3-12-30-50)51-31-13-4-14-32-51)45-66-69(67)74(59)57-38-20-23-41-62(57)80(66)53-35-17-6-18-36-53/h1-47H. The van der Waals surface area contributed by atoms with Gasteiger partial charge in [-0.1, -0.05) is 181 Å². The largest absolute Gasteiger partial charge is 0.311 e. The fourth-order valence-corrected chi connectivity index (χ4v) is 14.4. The Morgan fingerprint density at radius 1 is 0.305 bits per heavy atom. The van der Waals surface area contributed by atoms with Crippen LogP contribution in [0.5, 0.6) is 0 Å². The van der Waals surface area contributed by atoms with E-state index < -0.39 is 18.3 Å². The monoisotopic (exact) mass is 1070 g/mol. The number of nitrogens with zero attached hydrogens (tertiary/aromatic N) is 5. The van der Waals surface area contributed by atoms with E-state index in [0.29, 0.717) is 16.3 Å². The van der Waals surface area contributed by atoms with Crippen molar-refractivity contribution in [2.75, 3.05) is 24.5 Å². The minimum absolute atomic E-state index is 0.255. The summed E-state index contributed by atoms with van der Waals surface area (Å²) in [5.41, 5.74) is 18.7. The molecule has 0 unspecified atom stereocenters. The lowest BCUT2D eigenvalue weighted by Crippen LogP contribution is -2.65. The van der Waals surface area contributed by atoms with Gasteiger partial charge in [0, 0.05) is 78.0 Å². The zero-order valence-electron chi connectivity index (χ0n) is 44.2. The molecule has 12 aromatic carbocycles. The van der Waals surface area contributed by atoms with Gasteiger partial charge >= 0.3 is 0 Å². The molecule has 12 aromatic rings. The van der Waals surface area contributed by atoms with Gasteiger partial charge in [0.2, 0.25) is 6.71 Å². The molecular weight excluding hydrogens is 1030 g/mol. The van der Waals surface area contributed by atoms with Crippen LogP contribution >= 0.6 is 11.8 Å². The van der Waals surface area contributed by atoms with Gasteiger partial charge in [-0.2, -0.15) is 0 Å². The normalized spacial score (nSPS) is 13.1. The second kappa shape index (κ2) is 19.4. The first kappa shape index (κ1) is 47.9. The average molecular weight is 1070 g/mol. The van der Waals surface area contributed by atoms with Crippen molar-refractivity contribution in [3.8, 4) is 0 Å². The van der Waals surface area contributed by atoms with Gasteiger partial charge in [-0.25, -0.2) is 8.78 Å². The van der Waals surface area contributed by atoms with E-state index in [1.165, 1.54) is 17.8 Å². The van der Waals surface area contributed by atoms with Gasteiger partial charge in [0.05, 0.1) is 17.1 Å². The summed E-state index contributed by atoms with van der Waals surface area (Å²) in [6, 6.07) is 97.8. The maximum Gasteiger partial charge on any atom is 0.252 e. The van der Waals surface area contributed by atoms with Crippen LogP contribution in [0.25, 0.3) is 0 Å². The number of fused-ring (bicyclic) bond motifs is 8. The number of para-hydroxylation sites is 9. The zero-order chi connectivity index (χ0) is 54.4. The number of benzene rings is 12. The smallest absolute Gasteiger partial charge is 0.252 e. The summed E-state index contributed by atoms with van der Waals surface area (Å²) in [5, 5.41) is 0. The average Bonchev–Trinajstić information content (AvgIpc) is 3.55. The topological polar surface area (TPSA) is 16.2 Å². The highest BCUT2D eigenvalue weighted by Gasteiger charge is 2.49. The molecule has 0 spiro atoms. The second-order valence-electron chi connectivity index (χ2n) is 21.0. The summed E-state index contributed by atoms with van der Waals surface area (Å²) < 4.78 is 37.3. The lowest BCUT2D eigenvalue weighted by molar-refractivity contribution is 0.603. The quantitative estimate of drug-likeness (QED) is 0.133. The molecular formula is C72H47B2F2N5S. The van der Waals surface area contributed by atoms with E-state index in [0.717, 1.165) is 106 Å². The third kappa shape index (κ3) is 7.48. The summed E-state index contributed by atoms with van der Waals surface area (Å²) in [4.78, 5) is 12.6. The molecule has 0 saturated heterocycles. The van der Waals surface area contributed by atoms with Crippen molar-refractivity contribution in [1.29, 1.82) is 0 Å². The van der Waals surface area contributed by atoms with E-state index in [2.05, 4.69) is 226 Å².